The van der Waals surface area contributed by atoms with Crippen LogP contribution in [0.2, 0.25) is 5.02 Å². The molecule has 1 fully saturated rings. The van der Waals surface area contributed by atoms with Crippen LogP contribution in [0, 0.1) is 11.6 Å². The van der Waals surface area contributed by atoms with Gasteiger partial charge in [-0.2, -0.15) is 0 Å². The van der Waals surface area contributed by atoms with Crippen LogP contribution in [0.5, 0.6) is 0 Å². The van der Waals surface area contributed by atoms with Crippen molar-refractivity contribution in [3.05, 3.63) is 70.2 Å². The van der Waals surface area contributed by atoms with Crippen LogP contribution in [-0.2, 0) is 22.6 Å². The van der Waals surface area contributed by atoms with Gasteiger partial charge in [-0.25, -0.2) is 8.78 Å². The summed E-state index contributed by atoms with van der Waals surface area (Å²) in [6, 6.07) is 10.8. The average molecular weight is 438 g/mol. The molecule has 3 rings (SSSR count). The largest absolute Gasteiger partial charge is 0.383 e. The molecule has 0 saturated carbocycles. The number of amides is 1. The summed E-state index contributed by atoms with van der Waals surface area (Å²) in [5, 5.41) is 6.87. The van der Waals surface area contributed by atoms with Gasteiger partial charge in [-0.3, -0.25) is 9.69 Å². The molecule has 30 heavy (non-hydrogen) atoms. The molecule has 0 aromatic heterocycles. The number of rotatable bonds is 9. The smallest absolute Gasteiger partial charge is 0.237 e. The first-order valence-electron chi connectivity index (χ1n) is 9.88. The highest BCUT2D eigenvalue weighted by Crippen LogP contribution is 2.22. The number of hydrogen-bond donors (Lipinski definition) is 2. The van der Waals surface area contributed by atoms with Gasteiger partial charge in [-0.15, -0.1) is 0 Å². The molecule has 162 valence electrons. The van der Waals surface area contributed by atoms with Crippen molar-refractivity contribution in [2.45, 2.75) is 31.6 Å². The molecule has 0 bridgehead atoms. The van der Waals surface area contributed by atoms with Gasteiger partial charge in [0.25, 0.3) is 0 Å². The van der Waals surface area contributed by atoms with Crippen LogP contribution in [0.4, 0.5) is 8.78 Å². The van der Waals surface area contributed by atoms with Gasteiger partial charge in [0.15, 0.2) is 0 Å². The Kier molecular flexibility index (Phi) is 8.16. The Morgan fingerprint density at radius 3 is 2.70 bits per heavy atom. The Morgan fingerprint density at radius 1 is 1.23 bits per heavy atom. The van der Waals surface area contributed by atoms with E-state index in [1.54, 1.807) is 7.11 Å². The van der Waals surface area contributed by atoms with Crippen LogP contribution in [0.15, 0.2) is 42.5 Å². The number of nitrogens with zero attached hydrogens (tertiary/aromatic N) is 1. The van der Waals surface area contributed by atoms with Crippen LogP contribution in [-0.4, -0.2) is 49.7 Å². The van der Waals surface area contributed by atoms with Crippen molar-refractivity contribution in [2.24, 2.45) is 0 Å². The number of methoxy groups -OCH3 is 1. The highest BCUT2D eigenvalue weighted by atomic mass is 35.5. The summed E-state index contributed by atoms with van der Waals surface area (Å²) < 4.78 is 32.0. The van der Waals surface area contributed by atoms with Crippen LogP contribution in [0.25, 0.3) is 0 Å². The molecule has 0 radical (unpaired) electrons. The zero-order valence-electron chi connectivity index (χ0n) is 16.8. The number of nitrogens with one attached hydrogen (secondary N) is 2. The monoisotopic (exact) mass is 437 g/mol. The molecule has 2 atom stereocenters. The summed E-state index contributed by atoms with van der Waals surface area (Å²) in [5.74, 6) is -1.23. The number of hydrogen-bond acceptors (Lipinski definition) is 4. The fraction of sp³-hybridized carbons (Fsp3) is 0.409. The van der Waals surface area contributed by atoms with Crippen molar-refractivity contribution < 1.29 is 18.3 Å². The lowest BCUT2D eigenvalue weighted by Crippen LogP contribution is -2.43. The summed E-state index contributed by atoms with van der Waals surface area (Å²) in [4.78, 5) is 14.8. The van der Waals surface area contributed by atoms with E-state index in [1.807, 2.05) is 24.3 Å². The zero-order valence-corrected chi connectivity index (χ0v) is 17.6. The first-order valence-corrected chi connectivity index (χ1v) is 10.3. The van der Waals surface area contributed by atoms with E-state index < -0.39 is 11.6 Å². The minimum absolute atomic E-state index is 0.0000663. The van der Waals surface area contributed by atoms with Crippen molar-refractivity contribution >= 4 is 17.5 Å². The lowest BCUT2D eigenvalue weighted by Gasteiger charge is -2.23. The Labute approximate surface area is 180 Å². The van der Waals surface area contributed by atoms with E-state index in [0.29, 0.717) is 43.2 Å². The number of benzene rings is 2. The van der Waals surface area contributed by atoms with Crippen LogP contribution in [0.1, 0.15) is 17.5 Å². The van der Waals surface area contributed by atoms with Crippen molar-refractivity contribution in [1.82, 2.24) is 15.5 Å². The molecule has 2 aromatic rings. The number of carbonyl (C=O) groups is 1. The molecule has 0 aliphatic carbocycles. The summed E-state index contributed by atoms with van der Waals surface area (Å²) in [7, 11) is 1.59. The zero-order chi connectivity index (χ0) is 21.5. The molecule has 1 heterocycles. The van der Waals surface area contributed by atoms with E-state index in [1.165, 1.54) is 12.1 Å². The Morgan fingerprint density at radius 2 is 2.00 bits per heavy atom. The highest BCUT2D eigenvalue weighted by Gasteiger charge is 2.36. The van der Waals surface area contributed by atoms with Gasteiger partial charge >= 0.3 is 0 Å². The third-order valence-electron chi connectivity index (χ3n) is 5.21. The number of ether oxygens (including phenoxy) is 1. The Balaban J connectivity index is 1.65. The average Bonchev–Trinajstić information content (AvgIpc) is 3.12. The van der Waals surface area contributed by atoms with E-state index in [-0.39, 0.29) is 24.5 Å². The SMILES string of the molecule is COCCNC(=O)[C@@H]1C[C@@H](NCc2ccc(F)cc2F)CN1Cc1ccc(Cl)cc1. The van der Waals surface area contributed by atoms with Crippen molar-refractivity contribution in [2.75, 3.05) is 26.8 Å². The lowest BCUT2D eigenvalue weighted by molar-refractivity contribution is -0.125. The van der Waals surface area contributed by atoms with Gasteiger partial charge < -0.3 is 15.4 Å². The molecule has 2 N–H and O–H groups in total. The van der Waals surface area contributed by atoms with Crippen LogP contribution in [0.3, 0.4) is 0 Å². The van der Waals surface area contributed by atoms with Crippen molar-refractivity contribution in [3.8, 4) is 0 Å². The molecule has 8 heteroatoms. The van der Waals surface area contributed by atoms with Gasteiger partial charge in [0.1, 0.15) is 11.6 Å². The summed E-state index contributed by atoms with van der Waals surface area (Å²) >= 11 is 5.97. The molecule has 1 saturated heterocycles. The lowest BCUT2D eigenvalue weighted by atomic mass is 10.1. The summed E-state index contributed by atoms with van der Waals surface area (Å²) in [5.41, 5.74) is 1.45. The maximum atomic E-state index is 13.9. The second-order valence-electron chi connectivity index (χ2n) is 7.40. The predicted molar refractivity (Wildman–Crippen MR) is 112 cm³/mol. The standard InChI is InChI=1S/C22H26ClF2N3O2/c1-30-9-8-26-22(29)21-11-19(27-12-16-4-7-18(24)10-20(16)25)14-28(21)13-15-2-5-17(23)6-3-15/h2-7,10,19,21,27H,8-9,11-14H2,1H3,(H,26,29)/t19-,21+/m1/s1. The van der Waals surface area contributed by atoms with E-state index >= 15 is 0 Å². The minimum atomic E-state index is -0.598. The molecular formula is C22H26ClF2N3O2. The Bertz CT molecular complexity index is 851. The van der Waals surface area contributed by atoms with Crippen LogP contribution >= 0.6 is 11.6 Å². The number of likely N-dealkylation sites (tertiary alicyclic amines) is 1. The van der Waals surface area contributed by atoms with Gasteiger partial charge in [0.2, 0.25) is 5.91 Å². The predicted octanol–water partition coefficient (Wildman–Crippen LogP) is 3.11. The van der Waals surface area contributed by atoms with Crippen LogP contribution < -0.4 is 10.6 Å². The Hall–Kier alpha value is -2.06. The quantitative estimate of drug-likeness (QED) is 0.592. The molecule has 0 spiro atoms. The van der Waals surface area contributed by atoms with E-state index in [9.17, 15) is 13.6 Å². The number of halogens is 3. The molecule has 2 aromatic carbocycles. The molecule has 5 nitrogen and oxygen atoms in total. The topological polar surface area (TPSA) is 53.6 Å². The number of carbonyl (C=O) groups excluding carboxylic acids is 1. The highest BCUT2D eigenvalue weighted by molar-refractivity contribution is 6.30. The van der Waals surface area contributed by atoms with Gasteiger partial charge in [0.05, 0.1) is 12.6 Å². The van der Waals surface area contributed by atoms with Gasteiger partial charge in [-0.1, -0.05) is 29.8 Å². The van der Waals surface area contributed by atoms with E-state index in [4.69, 9.17) is 16.3 Å². The molecule has 1 aliphatic heterocycles. The summed E-state index contributed by atoms with van der Waals surface area (Å²) in [6.45, 7) is 2.39. The summed E-state index contributed by atoms with van der Waals surface area (Å²) in [6.07, 6.45) is 0.592. The van der Waals surface area contributed by atoms with E-state index in [0.717, 1.165) is 11.6 Å². The van der Waals surface area contributed by atoms with Gasteiger partial charge in [0, 0.05) is 56.0 Å². The second kappa shape index (κ2) is 10.8. The maximum Gasteiger partial charge on any atom is 0.237 e. The van der Waals surface area contributed by atoms with Crippen molar-refractivity contribution in [3.63, 3.8) is 0 Å². The third kappa shape index (κ3) is 6.22. The van der Waals surface area contributed by atoms with E-state index in [2.05, 4.69) is 15.5 Å². The normalized spacial score (nSPS) is 19.2. The third-order valence-corrected chi connectivity index (χ3v) is 5.46. The molecule has 1 aliphatic rings. The van der Waals surface area contributed by atoms with Crippen molar-refractivity contribution in [1.29, 1.82) is 0 Å². The minimum Gasteiger partial charge on any atom is -0.383 e. The maximum absolute atomic E-state index is 13.9. The first-order chi connectivity index (χ1) is 14.5. The molecule has 1 amide bonds. The fourth-order valence-corrected chi connectivity index (χ4v) is 3.76. The fourth-order valence-electron chi connectivity index (χ4n) is 3.64. The molecule has 0 unspecified atom stereocenters. The molecular weight excluding hydrogens is 412 g/mol. The first kappa shape index (κ1) is 22.6. The van der Waals surface area contributed by atoms with Gasteiger partial charge in [-0.05, 0) is 30.2 Å². The second-order valence-corrected chi connectivity index (χ2v) is 7.84.